The summed E-state index contributed by atoms with van der Waals surface area (Å²) in [5, 5.41) is 4.23. The standard InChI is InChI=1S/C27H28N6O2/c1-30-22-8-4-3-7-21(22)27(35)33-14-10-20-19-6-2-5-9-23(19)32(25(20)26(30)33)15-11-24(34)29-13-17-31-16-12-28-18-31/h2-9,12,16,18,26H,10-11,13-15,17H2,1H3,(H,29,34)/t26-/m1/s1. The normalized spacial score (nSPS) is 16.7. The fourth-order valence-corrected chi connectivity index (χ4v) is 5.59. The maximum Gasteiger partial charge on any atom is 0.257 e. The number of aromatic nitrogens is 3. The lowest BCUT2D eigenvalue weighted by Crippen LogP contribution is -2.51. The van der Waals surface area contributed by atoms with Crippen molar-refractivity contribution in [1.82, 2.24) is 24.3 Å². The number of nitrogens with zero attached hydrogens (tertiary/aromatic N) is 5. The lowest BCUT2D eigenvalue weighted by atomic mass is 9.96. The number of nitrogens with one attached hydrogen (secondary N) is 1. The van der Waals surface area contributed by atoms with Crippen molar-refractivity contribution in [2.24, 2.45) is 0 Å². The molecule has 178 valence electrons. The SMILES string of the molecule is CN1c2ccccc2C(=O)N2CCc3c(n(CCC(=O)NCCn4ccnc4)c4ccccc34)[C@@H]21. The molecule has 6 rings (SSSR count). The van der Waals surface area contributed by atoms with Gasteiger partial charge in [0.2, 0.25) is 5.91 Å². The number of hydrogen-bond acceptors (Lipinski definition) is 4. The lowest BCUT2D eigenvalue weighted by molar-refractivity contribution is -0.121. The summed E-state index contributed by atoms with van der Waals surface area (Å²) in [5.74, 6) is 0.0890. The molecule has 0 saturated carbocycles. The Labute approximate surface area is 203 Å². The molecule has 8 nitrogen and oxygen atoms in total. The Morgan fingerprint density at radius 2 is 1.94 bits per heavy atom. The summed E-state index contributed by atoms with van der Waals surface area (Å²) in [6.45, 7) is 2.49. The molecule has 0 fully saturated rings. The molecule has 2 aromatic carbocycles. The Morgan fingerprint density at radius 1 is 1.11 bits per heavy atom. The molecule has 4 aromatic rings. The average Bonchev–Trinajstić information content (AvgIpc) is 3.52. The second kappa shape index (κ2) is 8.61. The lowest BCUT2D eigenvalue weighted by Gasteiger charge is -2.46. The average molecular weight is 469 g/mol. The highest BCUT2D eigenvalue weighted by Crippen LogP contribution is 2.44. The summed E-state index contributed by atoms with van der Waals surface area (Å²) in [6.07, 6.45) is 6.34. The summed E-state index contributed by atoms with van der Waals surface area (Å²) < 4.78 is 4.20. The molecule has 0 bridgehead atoms. The molecule has 0 saturated heterocycles. The quantitative estimate of drug-likeness (QED) is 0.472. The highest BCUT2D eigenvalue weighted by atomic mass is 16.2. The molecule has 35 heavy (non-hydrogen) atoms. The van der Waals surface area contributed by atoms with E-state index in [4.69, 9.17) is 0 Å². The van der Waals surface area contributed by atoms with Gasteiger partial charge in [-0.25, -0.2) is 4.98 Å². The van der Waals surface area contributed by atoms with Crippen LogP contribution < -0.4 is 10.2 Å². The molecule has 1 N–H and O–H groups in total. The fourth-order valence-electron chi connectivity index (χ4n) is 5.59. The number of hydrogen-bond donors (Lipinski definition) is 1. The van der Waals surface area contributed by atoms with Gasteiger partial charge in [0.25, 0.3) is 5.91 Å². The number of carbonyl (C=O) groups excluding carboxylic acids is 2. The second-order valence-corrected chi connectivity index (χ2v) is 9.18. The number of fused-ring (bicyclic) bond motifs is 6. The summed E-state index contributed by atoms with van der Waals surface area (Å²) in [4.78, 5) is 34.4. The van der Waals surface area contributed by atoms with Gasteiger partial charge < -0.3 is 24.3 Å². The molecule has 2 aliphatic rings. The van der Waals surface area contributed by atoms with Crippen molar-refractivity contribution in [3.8, 4) is 0 Å². The Balaban J connectivity index is 1.31. The Morgan fingerprint density at radius 3 is 2.80 bits per heavy atom. The number of aryl methyl sites for hydroxylation is 1. The molecule has 2 aliphatic heterocycles. The van der Waals surface area contributed by atoms with E-state index in [-0.39, 0.29) is 18.0 Å². The van der Waals surface area contributed by atoms with Crippen LogP contribution in [0.3, 0.4) is 0 Å². The van der Waals surface area contributed by atoms with Gasteiger partial charge in [0.05, 0.1) is 23.3 Å². The van der Waals surface area contributed by atoms with Crippen LogP contribution in [0.1, 0.15) is 34.2 Å². The van der Waals surface area contributed by atoms with Gasteiger partial charge in [-0.1, -0.05) is 30.3 Å². The van der Waals surface area contributed by atoms with Crippen molar-refractivity contribution in [3.63, 3.8) is 0 Å². The van der Waals surface area contributed by atoms with Crippen LogP contribution in [-0.4, -0.2) is 51.0 Å². The summed E-state index contributed by atoms with van der Waals surface area (Å²) in [7, 11) is 2.06. The largest absolute Gasteiger partial charge is 0.354 e. The minimum Gasteiger partial charge on any atom is -0.354 e. The molecule has 0 radical (unpaired) electrons. The number of benzene rings is 2. The highest BCUT2D eigenvalue weighted by Gasteiger charge is 2.42. The minimum atomic E-state index is -0.196. The van der Waals surface area contributed by atoms with Crippen molar-refractivity contribution in [1.29, 1.82) is 0 Å². The van der Waals surface area contributed by atoms with E-state index in [9.17, 15) is 9.59 Å². The first kappa shape index (κ1) is 21.5. The number of anilines is 1. The van der Waals surface area contributed by atoms with E-state index in [1.54, 1.807) is 12.5 Å². The van der Waals surface area contributed by atoms with Crippen LogP contribution in [0, 0.1) is 0 Å². The Kier molecular flexibility index (Phi) is 5.28. The van der Waals surface area contributed by atoms with E-state index in [0.29, 0.717) is 32.6 Å². The molecule has 8 heteroatoms. The van der Waals surface area contributed by atoms with Crippen LogP contribution in [0.25, 0.3) is 10.9 Å². The molecule has 0 spiro atoms. The van der Waals surface area contributed by atoms with Crippen molar-refractivity contribution < 1.29 is 9.59 Å². The molecular formula is C27H28N6O2. The predicted molar refractivity (Wildman–Crippen MR) is 134 cm³/mol. The van der Waals surface area contributed by atoms with Crippen molar-refractivity contribution in [2.45, 2.75) is 32.1 Å². The van der Waals surface area contributed by atoms with Gasteiger partial charge in [0.1, 0.15) is 6.17 Å². The van der Waals surface area contributed by atoms with Gasteiger partial charge in [-0.05, 0) is 30.2 Å². The Hall–Kier alpha value is -4.07. The van der Waals surface area contributed by atoms with Crippen LogP contribution >= 0.6 is 0 Å². The van der Waals surface area contributed by atoms with E-state index in [2.05, 4.69) is 45.0 Å². The van der Waals surface area contributed by atoms with Gasteiger partial charge in [-0.3, -0.25) is 9.59 Å². The first-order chi connectivity index (χ1) is 17.1. The zero-order chi connectivity index (χ0) is 23.9. The fraction of sp³-hybridized carbons (Fsp3) is 0.296. The highest BCUT2D eigenvalue weighted by molar-refractivity contribution is 6.02. The van der Waals surface area contributed by atoms with Crippen LogP contribution in [0.4, 0.5) is 5.69 Å². The predicted octanol–water partition coefficient (Wildman–Crippen LogP) is 3.19. The van der Waals surface area contributed by atoms with E-state index < -0.39 is 0 Å². The topological polar surface area (TPSA) is 75.4 Å². The third-order valence-corrected chi connectivity index (χ3v) is 7.22. The van der Waals surface area contributed by atoms with Crippen LogP contribution in [0.2, 0.25) is 0 Å². The van der Waals surface area contributed by atoms with Gasteiger partial charge in [-0.2, -0.15) is 0 Å². The van der Waals surface area contributed by atoms with Gasteiger partial charge in [0.15, 0.2) is 0 Å². The summed E-state index contributed by atoms with van der Waals surface area (Å²) in [5.41, 5.74) is 5.20. The molecule has 2 aromatic heterocycles. The van der Waals surface area contributed by atoms with Crippen molar-refractivity contribution in [2.75, 3.05) is 25.0 Å². The van der Waals surface area contributed by atoms with Gasteiger partial charge in [0, 0.05) is 62.9 Å². The van der Waals surface area contributed by atoms with Gasteiger partial charge in [-0.15, -0.1) is 0 Å². The van der Waals surface area contributed by atoms with Crippen molar-refractivity contribution in [3.05, 3.63) is 84.1 Å². The number of amides is 2. The van der Waals surface area contributed by atoms with E-state index in [1.807, 2.05) is 46.0 Å². The Bertz CT molecular complexity index is 1410. The van der Waals surface area contributed by atoms with E-state index >= 15 is 0 Å². The molecule has 0 aliphatic carbocycles. The molecular weight excluding hydrogens is 440 g/mol. The molecule has 4 heterocycles. The van der Waals surface area contributed by atoms with Crippen LogP contribution in [0.15, 0.2) is 67.3 Å². The third-order valence-electron chi connectivity index (χ3n) is 7.22. The van der Waals surface area contributed by atoms with E-state index in [1.165, 1.54) is 10.9 Å². The first-order valence-corrected chi connectivity index (χ1v) is 12.1. The smallest absolute Gasteiger partial charge is 0.257 e. The number of carbonyl (C=O) groups is 2. The third kappa shape index (κ3) is 3.56. The summed E-state index contributed by atoms with van der Waals surface area (Å²) in [6, 6.07) is 16.2. The monoisotopic (exact) mass is 468 g/mol. The van der Waals surface area contributed by atoms with Crippen LogP contribution in [0.5, 0.6) is 0 Å². The van der Waals surface area contributed by atoms with Crippen LogP contribution in [-0.2, 0) is 24.3 Å². The molecule has 0 unspecified atom stereocenters. The van der Waals surface area contributed by atoms with Gasteiger partial charge >= 0.3 is 0 Å². The molecule has 2 amide bonds. The second-order valence-electron chi connectivity index (χ2n) is 9.18. The van der Waals surface area contributed by atoms with E-state index in [0.717, 1.165) is 28.9 Å². The maximum atomic E-state index is 13.4. The number of para-hydroxylation sites is 2. The summed E-state index contributed by atoms with van der Waals surface area (Å²) >= 11 is 0. The molecule has 1 atom stereocenters. The minimum absolute atomic E-state index is 0.0164. The number of imidazole rings is 1. The first-order valence-electron chi connectivity index (χ1n) is 12.1. The zero-order valence-corrected chi connectivity index (χ0v) is 19.7. The number of rotatable bonds is 6. The zero-order valence-electron chi connectivity index (χ0n) is 19.7. The maximum absolute atomic E-state index is 13.4. The van der Waals surface area contributed by atoms with Crippen molar-refractivity contribution >= 4 is 28.4 Å².